The Hall–Kier alpha value is -2.87. The number of alkyl carbamates (subject to hydrolysis) is 1. The number of aliphatic carboxylic acids is 1. The van der Waals surface area contributed by atoms with Crippen LogP contribution in [0.1, 0.15) is 11.1 Å². The normalized spacial score (nSPS) is 12.2. The van der Waals surface area contributed by atoms with E-state index in [1.807, 2.05) is 6.07 Å². The maximum atomic E-state index is 12.2. The molecule has 26 heavy (non-hydrogen) atoms. The number of carboxylic acid groups (broad SMARTS) is 1. The number of sulfone groups is 1. The van der Waals surface area contributed by atoms with Crippen molar-refractivity contribution in [3.8, 4) is 0 Å². The molecule has 0 saturated heterocycles. The van der Waals surface area contributed by atoms with Gasteiger partial charge in [0.25, 0.3) is 0 Å². The minimum absolute atomic E-state index is 0.0459. The molecule has 0 aliphatic heterocycles. The van der Waals surface area contributed by atoms with Gasteiger partial charge in [-0.2, -0.15) is 0 Å². The van der Waals surface area contributed by atoms with Gasteiger partial charge in [0.15, 0.2) is 9.84 Å². The second-order valence-corrected chi connectivity index (χ2v) is 7.75. The monoisotopic (exact) mass is 377 g/mol. The number of benzene rings is 2. The zero-order valence-electron chi connectivity index (χ0n) is 13.9. The van der Waals surface area contributed by atoms with E-state index >= 15 is 0 Å². The number of hydrogen-bond donors (Lipinski definition) is 2. The fourth-order valence-electron chi connectivity index (χ4n) is 2.22. The van der Waals surface area contributed by atoms with Crippen molar-refractivity contribution < 1.29 is 27.9 Å². The van der Waals surface area contributed by atoms with Gasteiger partial charge < -0.3 is 15.2 Å². The van der Waals surface area contributed by atoms with Crippen molar-refractivity contribution in [2.24, 2.45) is 0 Å². The van der Waals surface area contributed by atoms with Crippen LogP contribution in [0.4, 0.5) is 4.79 Å². The van der Waals surface area contributed by atoms with Crippen molar-refractivity contribution in [2.45, 2.75) is 18.4 Å². The van der Waals surface area contributed by atoms with Gasteiger partial charge in [0.2, 0.25) is 0 Å². The highest BCUT2D eigenvalue weighted by Crippen LogP contribution is 2.08. The molecule has 0 bridgehead atoms. The third-order valence-electron chi connectivity index (χ3n) is 3.45. The highest BCUT2D eigenvalue weighted by Gasteiger charge is 2.27. The van der Waals surface area contributed by atoms with E-state index in [0.29, 0.717) is 5.56 Å². The molecule has 2 rings (SSSR count). The number of carbonyl (C=O) groups is 2. The van der Waals surface area contributed by atoms with Gasteiger partial charge in [0.1, 0.15) is 12.6 Å². The summed E-state index contributed by atoms with van der Waals surface area (Å²) in [4.78, 5) is 23.1. The molecule has 2 aromatic carbocycles. The Bertz CT molecular complexity index is 836. The van der Waals surface area contributed by atoms with Crippen molar-refractivity contribution >= 4 is 21.9 Å². The van der Waals surface area contributed by atoms with Gasteiger partial charge in [-0.05, 0) is 11.1 Å². The fourth-order valence-corrected chi connectivity index (χ4v) is 3.77. The molecule has 1 unspecified atom stereocenters. The van der Waals surface area contributed by atoms with E-state index in [9.17, 15) is 23.1 Å². The van der Waals surface area contributed by atoms with Gasteiger partial charge in [0.05, 0.1) is 11.5 Å². The van der Waals surface area contributed by atoms with Crippen LogP contribution in [0.5, 0.6) is 0 Å². The number of ether oxygens (including phenoxy) is 1. The molecule has 0 saturated carbocycles. The molecule has 0 aliphatic carbocycles. The van der Waals surface area contributed by atoms with E-state index in [1.54, 1.807) is 54.6 Å². The molecule has 2 N–H and O–H groups in total. The standard InChI is InChI=1S/C18H19NO6S/c20-17(21)16(13-26(23,24)12-15-9-5-2-6-10-15)19-18(22)25-11-14-7-3-1-4-8-14/h1-10,16H,11-13H2,(H,19,22)(H,20,21). The van der Waals surface area contributed by atoms with E-state index in [4.69, 9.17) is 4.74 Å². The summed E-state index contributed by atoms with van der Waals surface area (Å²) in [6.45, 7) is -0.0459. The zero-order chi connectivity index (χ0) is 19.0. The summed E-state index contributed by atoms with van der Waals surface area (Å²) in [5.74, 6) is -2.48. The lowest BCUT2D eigenvalue weighted by atomic mass is 10.2. The van der Waals surface area contributed by atoms with E-state index in [-0.39, 0.29) is 12.4 Å². The van der Waals surface area contributed by atoms with Gasteiger partial charge in [-0.1, -0.05) is 60.7 Å². The Morgan fingerprint density at radius 3 is 2.04 bits per heavy atom. The molecule has 0 radical (unpaired) electrons. The quantitative estimate of drug-likeness (QED) is 0.728. The SMILES string of the molecule is O=C(NC(CS(=O)(=O)Cc1ccccc1)C(=O)O)OCc1ccccc1. The summed E-state index contributed by atoms with van der Waals surface area (Å²) in [7, 11) is -3.74. The van der Waals surface area contributed by atoms with Crippen LogP contribution >= 0.6 is 0 Å². The molecule has 1 amide bonds. The number of hydrogen-bond acceptors (Lipinski definition) is 5. The predicted octanol–water partition coefficient (Wildman–Crippen LogP) is 1.98. The lowest BCUT2D eigenvalue weighted by Gasteiger charge is -2.15. The summed E-state index contributed by atoms with van der Waals surface area (Å²) in [5.41, 5.74) is 1.27. The minimum Gasteiger partial charge on any atom is -0.480 e. The Balaban J connectivity index is 1.93. The molecule has 2 aromatic rings. The first-order valence-electron chi connectivity index (χ1n) is 7.80. The van der Waals surface area contributed by atoms with E-state index in [2.05, 4.69) is 5.32 Å². The van der Waals surface area contributed by atoms with Crippen LogP contribution in [0.3, 0.4) is 0 Å². The number of carboxylic acids is 1. The first-order chi connectivity index (χ1) is 12.4. The molecule has 1 atom stereocenters. The third kappa shape index (κ3) is 6.56. The summed E-state index contributed by atoms with van der Waals surface area (Å²) in [5, 5.41) is 11.3. The van der Waals surface area contributed by atoms with Crippen LogP contribution in [0.25, 0.3) is 0 Å². The lowest BCUT2D eigenvalue weighted by Crippen LogP contribution is -2.45. The molecule has 7 nitrogen and oxygen atoms in total. The topological polar surface area (TPSA) is 110 Å². The van der Waals surface area contributed by atoms with Crippen LogP contribution in [0.2, 0.25) is 0 Å². The molecule has 0 aromatic heterocycles. The zero-order valence-corrected chi connectivity index (χ0v) is 14.7. The Kier molecular flexibility index (Phi) is 6.74. The van der Waals surface area contributed by atoms with Gasteiger partial charge in [-0.3, -0.25) is 0 Å². The minimum atomic E-state index is -3.74. The van der Waals surface area contributed by atoms with Crippen molar-refractivity contribution in [2.75, 3.05) is 5.75 Å². The van der Waals surface area contributed by atoms with Gasteiger partial charge >= 0.3 is 12.1 Å². The van der Waals surface area contributed by atoms with Crippen LogP contribution in [-0.4, -0.2) is 37.4 Å². The van der Waals surface area contributed by atoms with Gasteiger partial charge in [0, 0.05) is 0 Å². The summed E-state index contributed by atoms with van der Waals surface area (Å²) < 4.78 is 29.4. The maximum Gasteiger partial charge on any atom is 0.408 e. The number of nitrogens with one attached hydrogen (secondary N) is 1. The number of carbonyl (C=O) groups excluding carboxylic acids is 1. The average Bonchev–Trinajstić information content (AvgIpc) is 2.60. The molecule has 138 valence electrons. The Morgan fingerprint density at radius 2 is 1.50 bits per heavy atom. The van der Waals surface area contributed by atoms with Crippen molar-refractivity contribution in [3.05, 3.63) is 71.8 Å². The van der Waals surface area contributed by atoms with Crippen LogP contribution in [-0.2, 0) is 31.7 Å². The van der Waals surface area contributed by atoms with E-state index in [0.717, 1.165) is 5.56 Å². The highest BCUT2D eigenvalue weighted by molar-refractivity contribution is 7.90. The molecule has 0 heterocycles. The van der Waals surface area contributed by atoms with Gasteiger partial charge in [-0.25, -0.2) is 18.0 Å². The molecular formula is C18H19NO6S. The van der Waals surface area contributed by atoms with Crippen LogP contribution in [0.15, 0.2) is 60.7 Å². The summed E-state index contributed by atoms with van der Waals surface area (Å²) in [6.07, 6.45) is -0.990. The van der Waals surface area contributed by atoms with Crippen LogP contribution in [0, 0.1) is 0 Å². The first-order valence-corrected chi connectivity index (χ1v) is 9.62. The van der Waals surface area contributed by atoms with Crippen molar-refractivity contribution in [3.63, 3.8) is 0 Å². The van der Waals surface area contributed by atoms with E-state index < -0.39 is 33.7 Å². The lowest BCUT2D eigenvalue weighted by molar-refractivity contribution is -0.138. The first kappa shape index (κ1) is 19.5. The smallest absolute Gasteiger partial charge is 0.408 e. The van der Waals surface area contributed by atoms with Crippen molar-refractivity contribution in [1.82, 2.24) is 5.32 Å². The predicted molar refractivity (Wildman–Crippen MR) is 95.1 cm³/mol. The number of amides is 1. The van der Waals surface area contributed by atoms with Crippen LogP contribution < -0.4 is 5.32 Å². The second-order valence-electron chi connectivity index (χ2n) is 5.64. The molecule has 8 heteroatoms. The Labute approximate surface area is 151 Å². The van der Waals surface area contributed by atoms with Gasteiger partial charge in [-0.15, -0.1) is 0 Å². The highest BCUT2D eigenvalue weighted by atomic mass is 32.2. The van der Waals surface area contributed by atoms with Crippen molar-refractivity contribution in [1.29, 1.82) is 0 Å². The molecular weight excluding hydrogens is 358 g/mol. The molecule has 0 aliphatic rings. The van der Waals surface area contributed by atoms with E-state index in [1.165, 1.54) is 0 Å². The average molecular weight is 377 g/mol. The Morgan fingerprint density at radius 1 is 0.962 bits per heavy atom. The fraction of sp³-hybridized carbons (Fsp3) is 0.222. The molecule has 0 spiro atoms. The molecule has 0 fully saturated rings. The third-order valence-corrected chi connectivity index (χ3v) is 5.07. The number of rotatable bonds is 8. The second kappa shape index (κ2) is 9.00. The summed E-state index contributed by atoms with van der Waals surface area (Å²) >= 11 is 0. The largest absolute Gasteiger partial charge is 0.480 e. The maximum absolute atomic E-state index is 12.2. The summed E-state index contributed by atoms with van der Waals surface area (Å²) in [6, 6.07) is 15.6.